The first kappa shape index (κ1) is 13.4. The van der Waals surface area contributed by atoms with Crippen LogP contribution >= 0.6 is 15.9 Å². The van der Waals surface area contributed by atoms with Crippen molar-refractivity contribution in [2.45, 2.75) is 0 Å². The van der Waals surface area contributed by atoms with Crippen molar-refractivity contribution in [3.63, 3.8) is 0 Å². The van der Waals surface area contributed by atoms with Crippen LogP contribution in [-0.2, 0) is 0 Å². The first-order valence-electron chi connectivity index (χ1n) is 5.82. The topological polar surface area (TPSA) is 75.6 Å². The highest BCUT2D eigenvalue weighted by Crippen LogP contribution is 2.24. The first-order valence-corrected chi connectivity index (χ1v) is 6.62. The van der Waals surface area contributed by atoms with E-state index in [1.807, 2.05) is 6.07 Å². The molecule has 3 rings (SSSR count). The number of aromatic nitrogens is 3. The van der Waals surface area contributed by atoms with E-state index < -0.39 is 5.82 Å². The second-order valence-electron chi connectivity index (χ2n) is 4.13. The van der Waals surface area contributed by atoms with Crippen molar-refractivity contribution in [2.24, 2.45) is 0 Å². The Bertz CT molecular complexity index is 819. The van der Waals surface area contributed by atoms with Crippen LogP contribution in [0.1, 0.15) is 5.56 Å². The number of nitriles is 1. The quantitative estimate of drug-likeness (QED) is 0.710. The van der Waals surface area contributed by atoms with Gasteiger partial charge in [-0.1, -0.05) is 21.1 Å². The number of hydrogen-bond donors (Lipinski definition) is 0. The molecule has 102 valence electrons. The lowest BCUT2D eigenvalue weighted by molar-refractivity contribution is 0.431. The summed E-state index contributed by atoms with van der Waals surface area (Å²) >= 11 is 3.21. The minimum atomic E-state index is -0.401. The van der Waals surface area contributed by atoms with Crippen LogP contribution in [-0.4, -0.2) is 15.1 Å². The van der Waals surface area contributed by atoms with Crippen LogP contribution in [0.3, 0.4) is 0 Å². The molecule has 2 heterocycles. The van der Waals surface area contributed by atoms with Crippen molar-refractivity contribution < 1.29 is 8.91 Å². The third-order valence-electron chi connectivity index (χ3n) is 2.66. The number of hydrogen-bond acceptors (Lipinski definition) is 5. The molecule has 0 radical (unpaired) electrons. The van der Waals surface area contributed by atoms with Crippen LogP contribution < -0.4 is 0 Å². The Kier molecular flexibility index (Phi) is 3.46. The van der Waals surface area contributed by atoms with E-state index in [4.69, 9.17) is 9.78 Å². The van der Waals surface area contributed by atoms with E-state index in [1.165, 1.54) is 18.3 Å². The summed E-state index contributed by atoms with van der Waals surface area (Å²) in [6.07, 6.45) is 1.41. The van der Waals surface area contributed by atoms with Gasteiger partial charge in [-0.05, 0) is 30.3 Å². The molecule has 21 heavy (non-hydrogen) atoms. The Morgan fingerprint density at radius 2 is 2.10 bits per heavy atom. The predicted octanol–water partition coefficient (Wildman–Crippen LogP) is 3.57. The lowest BCUT2D eigenvalue weighted by Crippen LogP contribution is -1.86. The van der Waals surface area contributed by atoms with Gasteiger partial charge in [-0.25, -0.2) is 9.37 Å². The molecule has 0 unspecified atom stereocenters. The minimum absolute atomic E-state index is 0.204. The van der Waals surface area contributed by atoms with Crippen LogP contribution in [0.25, 0.3) is 23.0 Å². The standard InChI is InChI=1S/C14H6BrFN4O/c15-10-3-9(4-11(16)5-10)13-19-14(21-20-13)12-2-1-8(6-17)7-18-12/h1-5,7H. The molecule has 1 aromatic carbocycles. The monoisotopic (exact) mass is 344 g/mol. The molecular formula is C14H6BrFN4O. The first-order chi connectivity index (χ1) is 10.2. The summed E-state index contributed by atoms with van der Waals surface area (Å²) < 4.78 is 19.1. The van der Waals surface area contributed by atoms with E-state index in [-0.39, 0.29) is 11.7 Å². The van der Waals surface area contributed by atoms with E-state index in [9.17, 15) is 4.39 Å². The Balaban J connectivity index is 1.97. The van der Waals surface area contributed by atoms with Crippen LogP contribution in [0.4, 0.5) is 4.39 Å². The highest BCUT2D eigenvalue weighted by atomic mass is 79.9. The van der Waals surface area contributed by atoms with Gasteiger partial charge in [-0.3, -0.25) is 0 Å². The van der Waals surface area contributed by atoms with E-state index in [2.05, 4.69) is 31.1 Å². The van der Waals surface area contributed by atoms with E-state index in [0.29, 0.717) is 21.3 Å². The summed E-state index contributed by atoms with van der Waals surface area (Å²) in [4.78, 5) is 8.24. The van der Waals surface area contributed by atoms with Crippen LogP contribution in [0.15, 0.2) is 45.5 Å². The van der Waals surface area contributed by atoms with Crippen molar-refractivity contribution in [1.82, 2.24) is 15.1 Å². The predicted molar refractivity (Wildman–Crippen MR) is 75.3 cm³/mol. The fraction of sp³-hybridized carbons (Fsp3) is 0. The Morgan fingerprint density at radius 3 is 2.76 bits per heavy atom. The fourth-order valence-corrected chi connectivity index (χ4v) is 2.18. The highest BCUT2D eigenvalue weighted by Gasteiger charge is 2.13. The summed E-state index contributed by atoms with van der Waals surface area (Å²) in [7, 11) is 0. The molecule has 0 saturated carbocycles. The maximum atomic E-state index is 13.4. The molecule has 0 spiro atoms. The molecule has 3 aromatic rings. The normalized spacial score (nSPS) is 10.3. The molecule has 5 nitrogen and oxygen atoms in total. The summed E-state index contributed by atoms with van der Waals surface area (Å²) in [6, 6.07) is 9.52. The molecule has 0 aliphatic carbocycles. The van der Waals surface area contributed by atoms with Gasteiger partial charge in [0.2, 0.25) is 5.82 Å². The van der Waals surface area contributed by atoms with Gasteiger partial charge in [-0.2, -0.15) is 10.2 Å². The number of halogens is 2. The smallest absolute Gasteiger partial charge is 0.276 e. The van der Waals surface area contributed by atoms with Crippen LogP contribution in [0.5, 0.6) is 0 Å². The highest BCUT2D eigenvalue weighted by molar-refractivity contribution is 9.10. The molecule has 0 aliphatic heterocycles. The maximum absolute atomic E-state index is 13.4. The average Bonchev–Trinajstić information content (AvgIpc) is 2.96. The molecule has 0 aliphatic rings. The lowest BCUT2D eigenvalue weighted by Gasteiger charge is -1.96. The van der Waals surface area contributed by atoms with Crippen molar-refractivity contribution in [2.75, 3.05) is 0 Å². The van der Waals surface area contributed by atoms with Gasteiger partial charge in [0.25, 0.3) is 5.89 Å². The SMILES string of the molecule is N#Cc1ccc(-c2nc(-c3cc(F)cc(Br)c3)no2)nc1. The van der Waals surface area contributed by atoms with Gasteiger partial charge in [0, 0.05) is 16.2 Å². The summed E-state index contributed by atoms with van der Waals surface area (Å²) in [5.41, 5.74) is 1.38. The van der Waals surface area contributed by atoms with Crippen molar-refractivity contribution >= 4 is 15.9 Å². The molecule has 0 fully saturated rings. The molecule has 0 saturated heterocycles. The van der Waals surface area contributed by atoms with Gasteiger partial charge in [0.15, 0.2) is 0 Å². The molecule has 2 aromatic heterocycles. The molecule has 0 N–H and O–H groups in total. The Labute approximate surface area is 127 Å². The zero-order chi connectivity index (χ0) is 14.8. The maximum Gasteiger partial charge on any atom is 0.276 e. The van der Waals surface area contributed by atoms with Crippen molar-refractivity contribution in [3.05, 3.63) is 52.4 Å². The van der Waals surface area contributed by atoms with Gasteiger partial charge >= 0.3 is 0 Å². The van der Waals surface area contributed by atoms with Crippen LogP contribution in [0, 0.1) is 17.1 Å². The van der Waals surface area contributed by atoms with Crippen molar-refractivity contribution in [3.8, 4) is 29.0 Å². The molecular weight excluding hydrogens is 339 g/mol. The van der Waals surface area contributed by atoms with Gasteiger partial charge in [0.05, 0.1) is 5.56 Å². The minimum Gasteiger partial charge on any atom is -0.332 e. The number of nitrogens with zero attached hydrogens (tertiary/aromatic N) is 4. The molecule has 0 bridgehead atoms. The number of pyridine rings is 1. The zero-order valence-corrected chi connectivity index (χ0v) is 12.0. The Hall–Kier alpha value is -2.59. The molecule has 0 amide bonds. The van der Waals surface area contributed by atoms with Crippen molar-refractivity contribution in [1.29, 1.82) is 5.26 Å². The third-order valence-corrected chi connectivity index (χ3v) is 3.12. The summed E-state index contributed by atoms with van der Waals surface area (Å²) in [6.45, 7) is 0. The number of rotatable bonds is 2. The van der Waals surface area contributed by atoms with E-state index in [1.54, 1.807) is 18.2 Å². The van der Waals surface area contributed by atoms with Crippen LogP contribution in [0.2, 0.25) is 0 Å². The van der Waals surface area contributed by atoms with Gasteiger partial charge in [-0.15, -0.1) is 0 Å². The molecule has 0 atom stereocenters. The second-order valence-corrected chi connectivity index (χ2v) is 5.04. The van der Waals surface area contributed by atoms with E-state index in [0.717, 1.165) is 0 Å². The molecule has 7 heteroatoms. The third kappa shape index (κ3) is 2.80. The summed E-state index contributed by atoms with van der Waals surface area (Å²) in [5.74, 6) is 0.0634. The second kappa shape index (κ2) is 5.42. The van der Waals surface area contributed by atoms with E-state index >= 15 is 0 Å². The zero-order valence-electron chi connectivity index (χ0n) is 10.4. The van der Waals surface area contributed by atoms with Gasteiger partial charge in [0.1, 0.15) is 17.6 Å². The fourth-order valence-electron chi connectivity index (χ4n) is 1.71. The number of benzene rings is 1. The Morgan fingerprint density at radius 1 is 1.24 bits per heavy atom. The summed E-state index contributed by atoms with van der Waals surface area (Å²) in [5, 5.41) is 12.5. The largest absolute Gasteiger partial charge is 0.332 e. The van der Waals surface area contributed by atoms with Gasteiger partial charge < -0.3 is 4.52 Å². The average molecular weight is 345 g/mol. The lowest BCUT2D eigenvalue weighted by atomic mass is 10.2.